The second-order valence-corrected chi connectivity index (χ2v) is 6.51. The van der Waals surface area contributed by atoms with Crippen LogP contribution in [0.15, 0.2) is 46.3 Å². The van der Waals surface area contributed by atoms with E-state index in [2.05, 4.69) is 4.98 Å². The molecule has 4 nitrogen and oxygen atoms in total. The lowest BCUT2D eigenvalue weighted by molar-refractivity contribution is 0.617. The van der Waals surface area contributed by atoms with Crippen LogP contribution in [0.2, 0.25) is 10.0 Å². The van der Waals surface area contributed by atoms with E-state index in [4.69, 9.17) is 29.0 Å². The van der Waals surface area contributed by atoms with Crippen molar-refractivity contribution in [2.24, 2.45) is 0 Å². The number of fused-ring (bicyclic) bond motifs is 1. The van der Waals surface area contributed by atoms with Gasteiger partial charge in [-0.15, -0.1) is 0 Å². The normalized spacial score (nSPS) is 11.1. The fourth-order valence-corrected chi connectivity index (χ4v) is 3.49. The molecule has 118 valence electrons. The molecule has 3 aromatic rings. The number of nitrogen functional groups attached to an aromatic ring is 1. The van der Waals surface area contributed by atoms with E-state index >= 15 is 0 Å². The predicted molar refractivity (Wildman–Crippen MR) is 92.1 cm³/mol. The Morgan fingerprint density at radius 2 is 2.04 bits per heavy atom. The summed E-state index contributed by atoms with van der Waals surface area (Å²) in [5.74, 6) is 5.57. The molecule has 1 heterocycles. The summed E-state index contributed by atoms with van der Waals surface area (Å²) in [6.07, 6.45) is 0. The van der Waals surface area contributed by atoms with Crippen LogP contribution in [0.5, 0.6) is 0 Å². The van der Waals surface area contributed by atoms with Gasteiger partial charge in [0.15, 0.2) is 5.16 Å². The Balaban J connectivity index is 2.00. The summed E-state index contributed by atoms with van der Waals surface area (Å²) in [6, 6.07) is 9.20. The topological polar surface area (TPSA) is 60.9 Å². The fraction of sp³-hybridized carbons (Fsp3) is 0.0667. The van der Waals surface area contributed by atoms with Crippen LogP contribution >= 0.6 is 35.0 Å². The van der Waals surface area contributed by atoms with Crippen molar-refractivity contribution >= 4 is 45.9 Å². The van der Waals surface area contributed by atoms with Crippen molar-refractivity contribution < 1.29 is 4.39 Å². The number of rotatable bonds is 3. The highest BCUT2D eigenvalue weighted by Gasteiger charge is 2.13. The quantitative estimate of drug-likeness (QED) is 0.432. The Labute approximate surface area is 145 Å². The molecule has 0 saturated heterocycles. The zero-order valence-corrected chi connectivity index (χ0v) is 13.9. The summed E-state index contributed by atoms with van der Waals surface area (Å²) < 4.78 is 14.7. The van der Waals surface area contributed by atoms with Crippen LogP contribution in [0.25, 0.3) is 10.9 Å². The number of nitrogens with zero attached hydrogens (tertiary/aromatic N) is 2. The summed E-state index contributed by atoms with van der Waals surface area (Å²) in [4.78, 5) is 16.6. The van der Waals surface area contributed by atoms with Crippen molar-refractivity contribution in [3.8, 4) is 0 Å². The van der Waals surface area contributed by atoms with E-state index in [9.17, 15) is 9.18 Å². The van der Waals surface area contributed by atoms with Crippen molar-refractivity contribution in [2.75, 3.05) is 5.84 Å². The SMILES string of the molecule is Nn1c(SCc2c(F)cccc2Cl)nc2cc(Cl)ccc2c1=O. The zero-order chi connectivity index (χ0) is 16.6. The molecule has 23 heavy (non-hydrogen) atoms. The fourth-order valence-electron chi connectivity index (χ4n) is 2.06. The number of benzene rings is 2. The molecule has 0 aliphatic rings. The van der Waals surface area contributed by atoms with Crippen LogP contribution < -0.4 is 11.4 Å². The molecule has 2 aromatic carbocycles. The van der Waals surface area contributed by atoms with Gasteiger partial charge in [-0.3, -0.25) is 4.79 Å². The molecule has 0 saturated carbocycles. The maximum Gasteiger partial charge on any atom is 0.280 e. The molecule has 0 fully saturated rings. The lowest BCUT2D eigenvalue weighted by Gasteiger charge is -2.09. The van der Waals surface area contributed by atoms with Crippen LogP contribution in [0, 0.1) is 5.82 Å². The van der Waals surface area contributed by atoms with E-state index < -0.39 is 11.4 Å². The number of hydrogen-bond donors (Lipinski definition) is 1. The summed E-state index contributed by atoms with van der Waals surface area (Å²) in [7, 11) is 0. The molecule has 0 aliphatic carbocycles. The van der Waals surface area contributed by atoms with Crippen LogP contribution in [0.4, 0.5) is 4.39 Å². The summed E-state index contributed by atoms with van der Waals surface area (Å²) in [6.45, 7) is 0. The zero-order valence-electron chi connectivity index (χ0n) is 11.6. The van der Waals surface area contributed by atoms with Gasteiger partial charge in [-0.05, 0) is 30.3 Å². The molecular weight excluding hydrogens is 360 g/mol. The van der Waals surface area contributed by atoms with E-state index in [-0.39, 0.29) is 10.9 Å². The highest BCUT2D eigenvalue weighted by atomic mass is 35.5. The van der Waals surface area contributed by atoms with E-state index in [0.717, 1.165) is 16.4 Å². The van der Waals surface area contributed by atoms with Gasteiger partial charge in [0.05, 0.1) is 10.9 Å². The first kappa shape index (κ1) is 16.1. The standard InChI is InChI=1S/C15H10Cl2FN3OS/c16-8-4-5-9-13(6-8)20-15(21(19)14(9)22)23-7-10-11(17)2-1-3-12(10)18/h1-6H,7,19H2. The second-order valence-electron chi connectivity index (χ2n) is 4.72. The van der Waals surface area contributed by atoms with Crippen molar-refractivity contribution in [3.05, 3.63) is 68.2 Å². The maximum atomic E-state index is 13.8. The smallest absolute Gasteiger partial charge is 0.280 e. The van der Waals surface area contributed by atoms with Crippen molar-refractivity contribution in [3.63, 3.8) is 0 Å². The van der Waals surface area contributed by atoms with Crippen molar-refractivity contribution in [1.29, 1.82) is 0 Å². The minimum Gasteiger partial charge on any atom is -0.334 e. The lowest BCUT2D eigenvalue weighted by atomic mass is 10.2. The van der Waals surface area contributed by atoms with Gasteiger partial charge in [-0.25, -0.2) is 14.1 Å². The van der Waals surface area contributed by atoms with Crippen LogP contribution in [0.1, 0.15) is 5.56 Å². The highest BCUT2D eigenvalue weighted by molar-refractivity contribution is 7.98. The van der Waals surface area contributed by atoms with Crippen LogP contribution in [-0.2, 0) is 5.75 Å². The molecule has 0 spiro atoms. The Hall–Kier alpha value is -1.76. The Morgan fingerprint density at radius 3 is 2.78 bits per heavy atom. The van der Waals surface area contributed by atoms with Gasteiger partial charge in [-0.1, -0.05) is 41.0 Å². The van der Waals surface area contributed by atoms with Gasteiger partial charge in [0.1, 0.15) is 5.82 Å². The van der Waals surface area contributed by atoms with Gasteiger partial charge < -0.3 is 5.84 Å². The van der Waals surface area contributed by atoms with E-state index in [0.29, 0.717) is 26.5 Å². The number of nitrogens with two attached hydrogens (primary N) is 1. The molecule has 2 N–H and O–H groups in total. The van der Waals surface area contributed by atoms with Crippen molar-refractivity contribution in [2.45, 2.75) is 10.9 Å². The molecule has 0 aliphatic heterocycles. The number of hydrogen-bond acceptors (Lipinski definition) is 4. The van der Waals surface area contributed by atoms with Crippen molar-refractivity contribution in [1.82, 2.24) is 9.66 Å². The second kappa shape index (κ2) is 6.39. The summed E-state index contributed by atoms with van der Waals surface area (Å²) >= 11 is 13.0. The molecule has 0 bridgehead atoms. The molecule has 0 amide bonds. The number of thioether (sulfide) groups is 1. The molecule has 3 rings (SSSR count). The molecule has 0 radical (unpaired) electrons. The molecule has 0 unspecified atom stereocenters. The van der Waals surface area contributed by atoms with E-state index in [1.165, 1.54) is 12.1 Å². The van der Waals surface area contributed by atoms with Crippen LogP contribution in [-0.4, -0.2) is 9.66 Å². The average Bonchev–Trinajstić information content (AvgIpc) is 2.51. The molecular formula is C15H10Cl2FN3OS. The lowest BCUT2D eigenvalue weighted by Crippen LogP contribution is -2.29. The summed E-state index contributed by atoms with van der Waals surface area (Å²) in [5.41, 5.74) is 0.375. The predicted octanol–water partition coefficient (Wildman–Crippen LogP) is 3.85. The van der Waals surface area contributed by atoms with Gasteiger partial charge in [0.25, 0.3) is 5.56 Å². The third kappa shape index (κ3) is 3.15. The Morgan fingerprint density at radius 1 is 1.26 bits per heavy atom. The maximum absolute atomic E-state index is 13.8. The van der Waals surface area contributed by atoms with E-state index in [1.54, 1.807) is 24.3 Å². The largest absolute Gasteiger partial charge is 0.334 e. The molecule has 8 heteroatoms. The number of aromatic nitrogens is 2. The van der Waals surface area contributed by atoms with E-state index in [1.807, 2.05) is 0 Å². The highest BCUT2D eigenvalue weighted by Crippen LogP contribution is 2.27. The molecule has 1 aromatic heterocycles. The first-order valence-electron chi connectivity index (χ1n) is 6.50. The number of halogens is 3. The van der Waals surface area contributed by atoms with Gasteiger partial charge in [0, 0.05) is 21.4 Å². The Bertz CT molecular complexity index is 941. The van der Waals surface area contributed by atoms with Gasteiger partial charge in [-0.2, -0.15) is 0 Å². The van der Waals surface area contributed by atoms with Crippen LogP contribution in [0.3, 0.4) is 0 Å². The minimum absolute atomic E-state index is 0.196. The van der Waals surface area contributed by atoms with Gasteiger partial charge in [0.2, 0.25) is 0 Å². The third-order valence-corrected chi connectivity index (χ3v) is 4.81. The average molecular weight is 370 g/mol. The molecule has 0 atom stereocenters. The minimum atomic E-state index is -0.417. The monoisotopic (exact) mass is 369 g/mol. The first-order valence-corrected chi connectivity index (χ1v) is 8.24. The summed E-state index contributed by atoms with van der Waals surface area (Å²) in [5, 5.41) is 1.40. The van der Waals surface area contributed by atoms with Gasteiger partial charge >= 0.3 is 0 Å². The first-order chi connectivity index (χ1) is 11.0. The third-order valence-electron chi connectivity index (χ3n) is 3.24. The Kier molecular flexibility index (Phi) is 4.48.